The average molecular weight is 655 g/mol. The standard InChI is InChI=1S/C34H44F2N6O3S/c35-28-15-23(37)1-2-31(28)41-9-3-24(4-10-41)42-18-25(19-42)40-11-5-27(6-12-40)46-21-32-38-30-17-26(16-29(36)33(30)34(43)39-32)45-20-22-7-13-44-14-8-22/h1-2,15-17,22,24-25,27H,3-14,18-21,37H2,(H,38,39,43). The van der Waals surface area contributed by atoms with Crippen molar-refractivity contribution in [3.63, 3.8) is 0 Å². The zero-order valence-corrected chi connectivity index (χ0v) is 27.1. The molecule has 248 valence electrons. The van der Waals surface area contributed by atoms with Gasteiger partial charge >= 0.3 is 0 Å². The fourth-order valence-corrected chi connectivity index (χ4v) is 8.47. The number of anilines is 2. The molecule has 1 aromatic heterocycles. The van der Waals surface area contributed by atoms with Crippen molar-refractivity contribution >= 4 is 34.0 Å². The van der Waals surface area contributed by atoms with E-state index < -0.39 is 11.4 Å². The smallest absolute Gasteiger partial charge is 0.261 e. The first kappa shape index (κ1) is 31.7. The normalized spacial score (nSPS) is 21.6. The number of hydrogen-bond acceptors (Lipinski definition) is 9. The highest BCUT2D eigenvalue weighted by Gasteiger charge is 2.38. The lowest BCUT2D eigenvalue weighted by Crippen LogP contribution is -2.64. The third kappa shape index (κ3) is 7.14. The number of aromatic amines is 1. The van der Waals surface area contributed by atoms with Gasteiger partial charge in [0.2, 0.25) is 0 Å². The first-order valence-corrected chi connectivity index (χ1v) is 17.8. The molecule has 0 saturated carbocycles. The zero-order chi connectivity index (χ0) is 31.6. The van der Waals surface area contributed by atoms with Crippen LogP contribution in [0.15, 0.2) is 35.1 Å². The van der Waals surface area contributed by atoms with E-state index in [1.807, 2.05) is 11.8 Å². The molecule has 0 radical (unpaired) electrons. The van der Waals surface area contributed by atoms with E-state index in [0.29, 0.717) is 64.1 Å². The maximum Gasteiger partial charge on any atom is 0.261 e. The predicted octanol–water partition coefficient (Wildman–Crippen LogP) is 4.64. The summed E-state index contributed by atoms with van der Waals surface area (Å²) >= 11 is 1.82. The Labute approximate surface area is 272 Å². The van der Waals surface area contributed by atoms with E-state index in [9.17, 15) is 13.6 Å². The second-order valence-corrected chi connectivity index (χ2v) is 14.6. The van der Waals surface area contributed by atoms with Crippen LogP contribution in [0, 0.1) is 17.6 Å². The van der Waals surface area contributed by atoms with Gasteiger partial charge in [-0.2, -0.15) is 11.8 Å². The van der Waals surface area contributed by atoms with Crippen LogP contribution in [0.2, 0.25) is 0 Å². The highest BCUT2D eigenvalue weighted by molar-refractivity contribution is 7.99. The Balaban J connectivity index is 0.853. The Morgan fingerprint density at radius 1 is 0.935 bits per heavy atom. The van der Waals surface area contributed by atoms with Crippen LogP contribution in [-0.4, -0.2) is 96.2 Å². The first-order valence-electron chi connectivity index (χ1n) is 16.7. The number of rotatable bonds is 9. The van der Waals surface area contributed by atoms with E-state index >= 15 is 0 Å². The van der Waals surface area contributed by atoms with Crippen molar-refractivity contribution in [3.8, 4) is 5.75 Å². The maximum atomic E-state index is 14.9. The highest BCUT2D eigenvalue weighted by atomic mass is 32.2. The Morgan fingerprint density at radius 2 is 1.70 bits per heavy atom. The molecule has 4 aliphatic heterocycles. The van der Waals surface area contributed by atoms with Crippen molar-refractivity contribution in [3.05, 3.63) is 58.1 Å². The number of nitrogens with one attached hydrogen (secondary N) is 1. The van der Waals surface area contributed by atoms with E-state index in [0.717, 1.165) is 91.0 Å². The second kappa shape index (κ2) is 14.0. The summed E-state index contributed by atoms with van der Waals surface area (Å²) in [6.07, 6.45) is 6.18. The number of nitrogens with zero attached hydrogens (tertiary/aromatic N) is 4. The molecule has 0 bridgehead atoms. The second-order valence-electron chi connectivity index (χ2n) is 13.3. The molecule has 0 unspecified atom stereocenters. The van der Waals surface area contributed by atoms with Gasteiger partial charge in [0.05, 0.1) is 23.6 Å². The quantitative estimate of drug-likeness (QED) is 0.320. The molecule has 0 aliphatic carbocycles. The van der Waals surface area contributed by atoms with Crippen LogP contribution in [0.25, 0.3) is 10.9 Å². The summed E-state index contributed by atoms with van der Waals surface area (Å²) in [7, 11) is 0. The molecule has 4 aliphatic rings. The number of thioether (sulfide) groups is 1. The number of hydrogen-bond donors (Lipinski definition) is 2. The number of nitrogens with two attached hydrogens (primary N) is 1. The minimum atomic E-state index is -0.603. The molecule has 7 rings (SSSR count). The van der Waals surface area contributed by atoms with Crippen molar-refractivity contribution in [2.24, 2.45) is 5.92 Å². The lowest BCUT2D eigenvalue weighted by atomic mass is 9.95. The van der Waals surface area contributed by atoms with Gasteiger partial charge in [0, 0.05) is 74.5 Å². The molecule has 2 aromatic carbocycles. The summed E-state index contributed by atoms with van der Waals surface area (Å²) in [5.74, 6) is 1.12. The summed E-state index contributed by atoms with van der Waals surface area (Å²) < 4.78 is 40.6. The number of halogens is 2. The van der Waals surface area contributed by atoms with Crippen molar-refractivity contribution in [1.29, 1.82) is 0 Å². The number of likely N-dealkylation sites (tertiary alicyclic amines) is 2. The number of aromatic nitrogens is 2. The van der Waals surface area contributed by atoms with Crippen LogP contribution in [-0.2, 0) is 10.5 Å². The molecular formula is C34H44F2N6O3S. The largest absolute Gasteiger partial charge is 0.493 e. The number of benzene rings is 2. The predicted molar refractivity (Wildman–Crippen MR) is 179 cm³/mol. The summed E-state index contributed by atoms with van der Waals surface area (Å²) in [6, 6.07) is 9.13. The van der Waals surface area contributed by atoms with Gasteiger partial charge in [-0.3, -0.25) is 14.6 Å². The molecule has 0 amide bonds. The molecule has 5 heterocycles. The van der Waals surface area contributed by atoms with Gasteiger partial charge in [-0.1, -0.05) is 0 Å². The molecule has 4 fully saturated rings. The SMILES string of the molecule is Nc1ccc(N2CCC(N3CC(N4CCC(SCc5nc6cc(OCC7CCOCC7)cc(F)c6c(=O)[nH]5)CC4)C3)CC2)c(F)c1. The minimum Gasteiger partial charge on any atom is -0.493 e. The Hall–Kier alpha value is -2.93. The van der Waals surface area contributed by atoms with E-state index in [1.54, 1.807) is 18.2 Å². The van der Waals surface area contributed by atoms with Crippen molar-refractivity contribution < 1.29 is 18.3 Å². The molecular weight excluding hydrogens is 610 g/mol. The Kier molecular flexibility index (Phi) is 9.67. The highest BCUT2D eigenvalue weighted by Crippen LogP contribution is 2.32. The van der Waals surface area contributed by atoms with Gasteiger partial charge in [0.15, 0.2) is 0 Å². The van der Waals surface area contributed by atoms with Gasteiger partial charge in [0.25, 0.3) is 5.56 Å². The molecule has 0 atom stereocenters. The summed E-state index contributed by atoms with van der Waals surface area (Å²) in [5.41, 5.74) is 6.74. The van der Waals surface area contributed by atoms with Crippen LogP contribution in [0.1, 0.15) is 44.3 Å². The molecule has 4 saturated heterocycles. The topological polar surface area (TPSA) is 99.9 Å². The van der Waals surface area contributed by atoms with Crippen molar-refractivity contribution in [2.75, 3.05) is 69.7 Å². The summed E-state index contributed by atoms with van der Waals surface area (Å²) in [4.78, 5) is 27.6. The van der Waals surface area contributed by atoms with Crippen molar-refractivity contribution in [2.45, 2.75) is 61.6 Å². The zero-order valence-electron chi connectivity index (χ0n) is 26.3. The van der Waals surface area contributed by atoms with E-state index in [4.69, 9.17) is 15.2 Å². The summed E-state index contributed by atoms with van der Waals surface area (Å²) in [5, 5.41) is 0.480. The van der Waals surface area contributed by atoms with Gasteiger partial charge in [0.1, 0.15) is 28.6 Å². The Morgan fingerprint density at radius 3 is 2.43 bits per heavy atom. The first-order chi connectivity index (χ1) is 22.4. The number of H-pyrrole nitrogens is 1. The third-order valence-electron chi connectivity index (χ3n) is 10.2. The minimum absolute atomic E-state index is 0.0173. The lowest BCUT2D eigenvalue weighted by Gasteiger charge is -2.52. The summed E-state index contributed by atoms with van der Waals surface area (Å²) in [6.45, 7) is 8.07. The van der Waals surface area contributed by atoms with Crippen LogP contribution >= 0.6 is 11.8 Å². The molecule has 3 aromatic rings. The molecule has 3 N–H and O–H groups in total. The fraction of sp³-hybridized carbons (Fsp3) is 0.588. The molecule has 9 nitrogen and oxygen atoms in total. The molecule has 46 heavy (non-hydrogen) atoms. The number of piperidine rings is 2. The van der Waals surface area contributed by atoms with Crippen LogP contribution in [0.3, 0.4) is 0 Å². The number of nitrogen functional groups attached to an aromatic ring is 1. The van der Waals surface area contributed by atoms with Gasteiger partial charge in [-0.15, -0.1) is 0 Å². The monoisotopic (exact) mass is 654 g/mol. The van der Waals surface area contributed by atoms with Crippen LogP contribution in [0.4, 0.5) is 20.2 Å². The molecule has 12 heteroatoms. The molecule has 0 spiro atoms. The fourth-order valence-electron chi connectivity index (χ4n) is 7.40. The van der Waals surface area contributed by atoms with Gasteiger partial charge < -0.3 is 25.1 Å². The Bertz CT molecular complexity index is 1560. The van der Waals surface area contributed by atoms with E-state index in [-0.39, 0.29) is 11.2 Å². The van der Waals surface area contributed by atoms with Crippen molar-refractivity contribution in [1.82, 2.24) is 19.8 Å². The van der Waals surface area contributed by atoms with E-state index in [1.165, 1.54) is 12.1 Å². The van der Waals surface area contributed by atoms with E-state index in [2.05, 4.69) is 24.7 Å². The maximum absolute atomic E-state index is 14.9. The lowest BCUT2D eigenvalue weighted by molar-refractivity contribution is -0.00877. The van der Waals surface area contributed by atoms with Crippen LogP contribution in [0.5, 0.6) is 5.75 Å². The third-order valence-corrected chi connectivity index (χ3v) is 11.6. The number of ether oxygens (including phenoxy) is 2. The number of fused-ring (bicyclic) bond motifs is 1. The van der Waals surface area contributed by atoms with Gasteiger partial charge in [-0.25, -0.2) is 13.8 Å². The average Bonchev–Trinajstić information content (AvgIpc) is 3.03. The van der Waals surface area contributed by atoms with Crippen LogP contribution < -0.4 is 20.9 Å². The van der Waals surface area contributed by atoms with Gasteiger partial charge in [-0.05, 0) is 75.7 Å².